The summed E-state index contributed by atoms with van der Waals surface area (Å²) in [6.45, 7) is 0.364. The molecule has 3 aromatic rings. The summed E-state index contributed by atoms with van der Waals surface area (Å²) in [6.07, 6.45) is 1.53. The predicted molar refractivity (Wildman–Crippen MR) is 74.1 cm³/mol. The molecule has 3 rings (SSSR count). The van der Waals surface area contributed by atoms with Gasteiger partial charge in [-0.2, -0.15) is 5.26 Å². The van der Waals surface area contributed by atoms with Crippen LogP contribution in [0, 0.1) is 11.3 Å². The minimum absolute atomic E-state index is 0.0623. The molecule has 0 aliphatic rings. The summed E-state index contributed by atoms with van der Waals surface area (Å²) in [7, 11) is 0. The van der Waals surface area contributed by atoms with Crippen LogP contribution in [0.25, 0.3) is 10.2 Å². The van der Waals surface area contributed by atoms with E-state index in [9.17, 15) is 4.79 Å². The van der Waals surface area contributed by atoms with Crippen LogP contribution in [0.2, 0.25) is 0 Å². The van der Waals surface area contributed by atoms with Crippen molar-refractivity contribution >= 4 is 21.6 Å². The van der Waals surface area contributed by atoms with Gasteiger partial charge in [0.2, 0.25) is 0 Å². The molecular weight excluding hydrogens is 258 g/mol. The third kappa shape index (κ3) is 2.02. The number of hydrogen-bond donors (Lipinski definition) is 0. The van der Waals surface area contributed by atoms with Gasteiger partial charge < -0.3 is 0 Å². The Morgan fingerprint density at radius 2 is 2.16 bits per heavy atom. The van der Waals surface area contributed by atoms with E-state index >= 15 is 0 Å². The standard InChI is InChI=1S/C14H9N3OS/c15-7-10-3-1-2-4-11(10)8-17-9-16-12-5-6-19-13(12)14(17)18/h1-6,9H,8H2. The van der Waals surface area contributed by atoms with Gasteiger partial charge in [-0.25, -0.2) is 4.98 Å². The minimum atomic E-state index is -0.0623. The highest BCUT2D eigenvalue weighted by molar-refractivity contribution is 7.17. The van der Waals surface area contributed by atoms with Gasteiger partial charge in [0.15, 0.2) is 0 Å². The van der Waals surface area contributed by atoms with E-state index in [-0.39, 0.29) is 5.56 Å². The van der Waals surface area contributed by atoms with E-state index in [2.05, 4.69) is 11.1 Å². The number of rotatable bonds is 2. The van der Waals surface area contributed by atoms with Crippen molar-refractivity contribution in [1.82, 2.24) is 9.55 Å². The molecule has 0 saturated heterocycles. The fourth-order valence-corrected chi connectivity index (χ4v) is 2.73. The van der Waals surface area contributed by atoms with Crippen LogP contribution < -0.4 is 5.56 Å². The molecule has 5 heteroatoms. The Bertz CT molecular complexity index is 842. The smallest absolute Gasteiger partial charge is 0.271 e. The molecule has 0 N–H and O–H groups in total. The molecule has 0 amide bonds. The van der Waals surface area contributed by atoms with E-state index in [1.54, 1.807) is 6.07 Å². The summed E-state index contributed by atoms with van der Waals surface area (Å²) in [6, 6.07) is 11.2. The second-order valence-corrected chi connectivity index (χ2v) is 5.00. The van der Waals surface area contributed by atoms with Crippen LogP contribution in [-0.2, 0) is 6.54 Å². The Labute approximate surface area is 113 Å². The number of fused-ring (bicyclic) bond motifs is 1. The molecule has 92 valence electrons. The molecule has 0 radical (unpaired) electrons. The first kappa shape index (κ1) is 11.6. The second-order valence-electron chi connectivity index (χ2n) is 4.08. The van der Waals surface area contributed by atoms with Gasteiger partial charge in [-0.3, -0.25) is 9.36 Å². The van der Waals surface area contributed by atoms with Gasteiger partial charge in [-0.1, -0.05) is 18.2 Å². The molecule has 0 aliphatic heterocycles. The van der Waals surface area contributed by atoms with Gasteiger partial charge in [0.25, 0.3) is 5.56 Å². The molecule has 0 bridgehead atoms. The SMILES string of the molecule is N#Cc1ccccc1Cn1cnc2ccsc2c1=O. The second kappa shape index (κ2) is 4.67. The van der Waals surface area contributed by atoms with Crippen molar-refractivity contribution in [3.8, 4) is 6.07 Å². The van der Waals surface area contributed by atoms with Crippen LogP contribution in [0.15, 0.2) is 46.8 Å². The summed E-state index contributed by atoms with van der Waals surface area (Å²) in [4.78, 5) is 16.5. The molecule has 2 aromatic heterocycles. The molecule has 0 atom stereocenters. The number of aromatic nitrogens is 2. The number of nitrogens with zero attached hydrogens (tertiary/aromatic N) is 3. The summed E-state index contributed by atoms with van der Waals surface area (Å²) in [5.41, 5.74) is 2.07. The van der Waals surface area contributed by atoms with Gasteiger partial charge in [0.05, 0.1) is 30.0 Å². The molecule has 0 fully saturated rings. The Hall–Kier alpha value is -2.45. The van der Waals surface area contributed by atoms with Crippen LogP contribution in [0.5, 0.6) is 0 Å². The monoisotopic (exact) mass is 267 g/mol. The lowest BCUT2D eigenvalue weighted by molar-refractivity contribution is 0.748. The third-order valence-electron chi connectivity index (χ3n) is 2.91. The van der Waals surface area contributed by atoms with Crippen LogP contribution in [0.1, 0.15) is 11.1 Å². The van der Waals surface area contributed by atoms with Crippen LogP contribution >= 0.6 is 11.3 Å². The number of hydrogen-bond acceptors (Lipinski definition) is 4. The largest absolute Gasteiger partial charge is 0.293 e. The summed E-state index contributed by atoms with van der Waals surface area (Å²) >= 11 is 1.39. The van der Waals surface area contributed by atoms with E-state index in [0.717, 1.165) is 11.1 Å². The van der Waals surface area contributed by atoms with Crippen LogP contribution in [-0.4, -0.2) is 9.55 Å². The lowest BCUT2D eigenvalue weighted by atomic mass is 10.1. The molecule has 4 nitrogen and oxygen atoms in total. The molecule has 1 aromatic carbocycles. The average Bonchev–Trinajstić information content (AvgIpc) is 2.92. The Kier molecular flexibility index (Phi) is 2.86. The van der Waals surface area contributed by atoms with E-state index < -0.39 is 0 Å². The highest BCUT2D eigenvalue weighted by Gasteiger charge is 2.07. The quantitative estimate of drug-likeness (QED) is 0.716. The maximum absolute atomic E-state index is 12.2. The van der Waals surface area contributed by atoms with E-state index in [1.165, 1.54) is 22.2 Å². The van der Waals surface area contributed by atoms with Gasteiger partial charge >= 0.3 is 0 Å². The van der Waals surface area contributed by atoms with E-state index in [1.807, 2.05) is 29.6 Å². The van der Waals surface area contributed by atoms with Crippen molar-refractivity contribution in [2.75, 3.05) is 0 Å². The zero-order chi connectivity index (χ0) is 13.2. The maximum atomic E-state index is 12.2. The number of thiophene rings is 1. The molecule has 19 heavy (non-hydrogen) atoms. The molecule has 0 spiro atoms. The topological polar surface area (TPSA) is 58.7 Å². The normalized spacial score (nSPS) is 10.5. The molecule has 0 unspecified atom stereocenters. The lowest BCUT2D eigenvalue weighted by Crippen LogP contribution is -2.20. The number of nitriles is 1. The first-order valence-corrected chi connectivity index (χ1v) is 6.58. The van der Waals surface area contributed by atoms with Crippen molar-refractivity contribution in [1.29, 1.82) is 5.26 Å². The van der Waals surface area contributed by atoms with Gasteiger partial charge in [0, 0.05) is 0 Å². The van der Waals surface area contributed by atoms with Crippen molar-refractivity contribution in [2.45, 2.75) is 6.54 Å². The minimum Gasteiger partial charge on any atom is -0.293 e. The zero-order valence-electron chi connectivity index (χ0n) is 9.91. The summed E-state index contributed by atoms with van der Waals surface area (Å²) in [5, 5.41) is 10.9. The molecule has 0 aliphatic carbocycles. The highest BCUT2D eigenvalue weighted by Crippen LogP contribution is 2.14. The Morgan fingerprint density at radius 1 is 1.32 bits per heavy atom. The number of benzene rings is 1. The van der Waals surface area contributed by atoms with Crippen molar-refractivity contribution in [2.24, 2.45) is 0 Å². The van der Waals surface area contributed by atoms with Gasteiger partial charge in [0.1, 0.15) is 4.70 Å². The van der Waals surface area contributed by atoms with Gasteiger partial charge in [-0.05, 0) is 23.1 Å². The van der Waals surface area contributed by atoms with Crippen molar-refractivity contribution < 1.29 is 0 Å². The molecule has 0 saturated carbocycles. The van der Waals surface area contributed by atoms with Crippen molar-refractivity contribution in [3.63, 3.8) is 0 Å². The van der Waals surface area contributed by atoms with Crippen molar-refractivity contribution in [3.05, 3.63) is 63.5 Å². The van der Waals surface area contributed by atoms with E-state index in [4.69, 9.17) is 5.26 Å². The Balaban J connectivity index is 2.09. The zero-order valence-corrected chi connectivity index (χ0v) is 10.7. The fourth-order valence-electron chi connectivity index (χ4n) is 1.94. The maximum Gasteiger partial charge on any atom is 0.271 e. The third-order valence-corrected chi connectivity index (χ3v) is 3.81. The Morgan fingerprint density at radius 3 is 3.00 bits per heavy atom. The first-order chi connectivity index (χ1) is 9.29. The first-order valence-electron chi connectivity index (χ1n) is 5.70. The predicted octanol–water partition coefficient (Wildman–Crippen LogP) is 2.38. The highest BCUT2D eigenvalue weighted by atomic mass is 32.1. The average molecular weight is 267 g/mol. The van der Waals surface area contributed by atoms with E-state index in [0.29, 0.717) is 16.8 Å². The molecule has 2 heterocycles. The van der Waals surface area contributed by atoms with Crippen LogP contribution in [0.3, 0.4) is 0 Å². The van der Waals surface area contributed by atoms with Gasteiger partial charge in [-0.15, -0.1) is 11.3 Å². The summed E-state index contributed by atoms with van der Waals surface area (Å²) in [5.74, 6) is 0. The fraction of sp³-hybridized carbons (Fsp3) is 0.0714. The van der Waals surface area contributed by atoms with Crippen LogP contribution in [0.4, 0.5) is 0 Å². The summed E-state index contributed by atoms with van der Waals surface area (Å²) < 4.78 is 2.19. The molecular formula is C14H9N3OS. The lowest BCUT2D eigenvalue weighted by Gasteiger charge is -2.06.